The van der Waals surface area contributed by atoms with Gasteiger partial charge < -0.3 is 14.8 Å². The van der Waals surface area contributed by atoms with Crippen molar-refractivity contribution in [2.45, 2.75) is 39.0 Å². The minimum atomic E-state index is -1.43. The summed E-state index contributed by atoms with van der Waals surface area (Å²) in [5.41, 5.74) is 0.466. The molecule has 0 spiro atoms. The molecule has 1 aromatic carbocycles. The highest BCUT2D eigenvalue weighted by atomic mass is 16.5. The van der Waals surface area contributed by atoms with Crippen LogP contribution in [-0.2, 0) is 0 Å². The molecule has 2 N–H and O–H groups in total. The molecule has 0 saturated heterocycles. The summed E-state index contributed by atoms with van der Waals surface area (Å²) in [7, 11) is -1.43. The molecule has 0 aliphatic heterocycles. The van der Waals surface area contributed by atoms with Crippen molar-refractivity contribution in [3.8, 4) is 5.75 Å². The van der Waals surface area contributed by atoms with Crippen molar-refractivity contribution in [1.29, 1.82) is 0 Å². The van der Waals surface area contributed by atoms with Crippen molar-refractivity contribution in [1.82, 2.24) is 0 Å². The quantitative estimate of drug-likeness (QED) is 0.533. The summed E-state index contributed by atoms with van der Waals surface area (Å²) in [6.07, 6.45) is 6.03. The SMILES string of the molecule is CCCCCCCOc1cccc(B(O)O)c1. The second kappa shape index (κ2) is 8.15. The Morgan fingerprint density at radius 1 is 1.12 bits per heavy atom. The lowest BCUT2D eigenvalue weighted by Crippen LogP contribution is -2.29. The topological polar surface area (TPSA) is 49.7 Å². The lowest BCUT2D eigenvalue weighted by molar-refractivity contribution is 0.304. The van der Waals surface area contributed by atoms with E-state index in [9.17, 15) is 0 Å². The van der Waals surface area contributed by atoms with Crippen molar-refractivity contribution in [3.05, 3.63) is 24.3 Å². The summed E-state index contributed by atoms with van der Waals surface area (Å²) in [5.74, 6) is 0.700. The number of rotatable bonds is 8. The predicted molar refractivity (Wildman–Crippen MR) is 70.5 cm³/mol. The second-order valence-corrected chi connectivity index (χ2v) is 4.21. The van der Waals surface area contributed by atoms with Gasteiger partial charge in [-0.25, -0.2) is 0 Å². The zero-order valence-electron chi connectivity index (χ0n) is 10.4. The molecule has 1 aromatic rings. The lowest BCUT2D eigenvalue weighted by Gasteiger charge is -2.07. The molecule has 94 valence electrons. The van der Waals surface area contributed by atoms with Gasteiger partial charge in [-0.2, -0.15) is 0 Å². The molecule has 0 amide bonds. The average molecular weight is 236 g/mol. The van der Waals surface area contributed by atoms with Gasteiger partial charge in [0.05, 0.1) is 6.61 Å². The maximum Gasteiger partial charge on any atom is 0.488 e. The summed E-state index contributed by atoms with van der Waals surface area (Å²) in [4.78, 5) is 0. The standard InChI is InChI=1S/C13H21BO3/c1-2-3-4-5-6-10-17-13-9-7-8-12(11-13)14(15)16/h7-9,11,15-16H,2-6,10H2,1H3. The normalized spacial score (nSPS) is 10.3. The van der Waals surface area contributed by atoms with Crippen LogP contribution in [-0.4, -0.2) is 23.8 Å². The lowest BCUT2D eigenvalue weighted by atomic mass is 9.80. The van der Waals surface area contributed by atoms with E-state index in [4.69, 9.17) is 14.8 Å². The Bertz CT molecular complexity index is 315. The molecular weight excluding hydrogens is 215 g/mol. The largest absolute Gasteiger partial charge is 0.494 e. The Hall–Kier alpha value is -0.995. The van der Waals surface area contributed by atoms with Crippen molar-refractivity contribution >= 4 is 12.6 Å². The Labute approximate surface area is 104 Å². The van der Waals surface area contributed by atoms with Gasteiger partial charge in [-0.1, -0.05) is 44.7 Å². The molecule has 0 heterocycles. The maximum atomic E-state index is 9.02. The van der Waals surface area contributed by atoms with Gasteiger partial charge in [-0.15, -0.1) is 0 Å². The van der Waals surface area contributed by atoms with E-state index in [1.54, 1.807) is 18.2 Å². The highest BCUT2D eigenvalue weighted by Crippen LogP contribution is 2.09. The van der Waals surface area contributed by atoms with Gasteiger partial charge in [0.15, 0.2) is 0 Å². The minimum absolute atomic E-state index is 0.466. The van der Waals surface area contributed by atoms with E-state index in [1.165, 1.54) is 25.7 Å². The molecule has 17 heavy (non-hydrogen) atoms. The van der Waals surface area contributed by atoms with E-state index in [0.29, 0.717) is 17.8 Å². The first-order valence-electron chi connectivity index (χ1n) is 6.33. The third kappa shape index (κ3) is 5.75. The van der Waals surface area contributed by atoms with Gasteiger partial charge in [0.1, 0.15) is 5.75 Å². The molecule has 0 fully saturated rings. The summed E-state index contributed by atoms with van der Waals surface area (Å²) in [6, 6.07) is 6.93. The van der Waals surface area contributed by atoms with Gasteiger partial charge in [0, 0.05) is 0 Å². The third-order valence-corrected chi connectivity index (χ3v) is 2.67. The number of hydrogen-bond donors (Lipinski definition) is 2. The highest BCUT2D eigenvalue weighted by molar-refractivity contribution is 6.58. The number of unbranched alkanes of at least 4 members (excludes halogenated alkanes) is 4. The zero-order chi connectivity index (χ0) is 12.5. The van der Waals surface area contributed by atoms with Crippen LogP contribution in [0.1, 0.15) is 39.0 Å². The molecule has 0 atom stereocenters. The van der Waals surface area contributed by atoms with Crippen LogP contribution < -0.4 is 10.2 Å². The van der Waals surface area contributed by atoms with Crippen LogP contribution in [0.2, 0.25) is 0 Å². The molecule has 0 bridgehead atoms. The molecule has 0 unspecified atom stereocenters. The zero-order valence-corrected chi connectivity index (χ0v) is 10.4. The maximum absolute atomic E-state index is 9.02. The molecular formula is C13H21BO3. The fourth-order valence-electron chi connectivity index (χ4n) is 1.66. The van der Waals surface area contributed by atoms with Crippen LogP contribution in [0.3, 0.4) is 0 Å². The van der Waals surface area contributed by atoms with Gasteiger partial charge in [0.25, 0.3) is 0 Å². The smallest absolute Gasteiger partial charge is 0.488 e. The van der Waals surface area contributed by atoms with Crippen molar-refractivity contribution in [2.75, 3.05) is 6.61 Å². The van der Waals surface area contributed by atoms with Crippen molar-refractivity contribution < 1.29 is 14.8 Å². The van der Waals surface area contributed by atoms with Crippen LogP contribution >= 0.6 is 0 Å². The van der Waals surface area contributed by atoms with E-state index < -0.39 is 7.12 Å². The number of hydrogen-bond acceptors (Lipinski definition) is 3. The molecule has 0 aromatic heterocycles. The van der Waals surface area contributed by atoms with Crippen molar-refractivity contribution in [2.24, 2.45) is 0 Å². The first kappa shape index (κ1) is 14.1. The highest BCUT2D eigenvalue weighted by Gasteiger charge is 2.10. The molecule has 0 radical (unpaired) electrons. The van der Waals surface area contributed by atoms with E-state index in [1.807, 2.05) is 6.07 Å². The Morgan fingerprint density at radius 3 is 2.59 bits per heavy atom. The third-order valence-electron chi connectivity index (χ3n) is 2.67. The number of benzene rings is 1. The Morgan fingerprint density at radius 2 is 1.88 bits per heavy atom. The number of ether oxygens (including phenoxy) is 1. The average Bonchev–Trinajstić information content (AvgIpc) is 2.34. The van der Waals surface area contributed by atoms with E-state index >= 15 is 0 Å². The first-order valence-corrected chi connectivity index (χ1v) is 6.33. The fourth-order valence-corrected chi connectivity index (χ4v) is 1.66. The van der Waals surface area contributed by atoms with Crippen LogP contribution in [0, 0.1) is 0 Å². The summed E-state index contributed by atoms with van der Waals surface area (Å²) < 4.78 is 5.55. The minimum Gasteiger partial charge on any atom is -0.494 e. The van der Waals surface area contributed by atoms with E-state index in [2.05, 4.69) is 6.92 Å². The van der Waals surface area contributed by atoms with Crippen LogP contribution in [0.25, 0.3) is 0 Å². The van der Waals surface area contributed by atoms with E-state index in [0.717, 1.165) is 6.42 Å². The second-order valence-electron chi connectivity index (χ2n) is 4.21. The summed E-state index contributed by atoms with van der Waals surface area (Å²) >= 11 is 0. The first-order chi connectivity index (χ1) is 8.24. The fraction of sp³-hybridized carbons (Fsp3) is 0.538. The van der Waals surface area contributed by atoms with E-state index in [-0.39, 0.29) is 0 Å². The Kier molecular flexibility index (Phi) is 6.74. The molecule has 0 saturated carbocycles. The summed E-state index contributed by atoms with van der Waals surface area (Å²) in [5, 5.41) is 18.0. The van der Waals surface area contributed by atoms with Gasteiger partial charge in [0.2, 0.25) is 0 Å². The van der Waals surface area contributed by atoms with Crippen LogP contribution in [0.15, 0.2) is 24.3 Å². The predicted octanol–water partition coefficient (Wildman–Crippen LogP) is 1.72. The Balaban J connectivity index is 2.24. The molecule has 3 nitrogen and oxygen atoms in total. The molecule has 0 aliphatic carbocycles. The van der Waals surface area contributed by atoms with Gasteiger partial charge >= 0.3 is 7.12 Å². The summed E-state index contributed by atoms with van der Waals surface area (Å²) in [6.45, 7) is 2.89. The van der Waals surface area contributed by atoms with Crippen molar-refractivity contribution in [3.63, 3.8) is 0 Å². The van der Waals surface area contributed by atoms with Crippen LogP contribution in [0.5, 0.6) is 5.75 Å². The monoisotopic (exact) mass is 236 g/mol. The molecule has 4 heteroatoms. The van der Waals surface area contributed by atoms with Gasteiger partial charge in [-0.05, 0) is 24.0 Å². The van der Waals surface area contributed by atoms with Gasteiger partial charge in [-0.3, -0.25) is 0 Å². The molecule has 0 aliphatic rings. The molecule has 1 rings (SSSR count). The van der Waals surface area contributed by atoms with Crippen LogP contribution in [0.4, 0.5) is 0 Å².